The molecule has 0 aromatic carbocycles. The van der Waals surface area contributed by atoms with Crippen molar-refractivity contribution in [2.45, 2.75) is 26.4 Å². The van der Waals surface area contributed by atoms with Gasteiger partial charge in [-0.15, -0.1) is 11.6 Å². The lowest BCUT2D eigenvalue weighted by Gasteiger charge is -2.09. The molecule has 0 aromatic rings. The summed E-state index contributed by atoms with van der Waals surface area (Å²) in [5, 5.41) is 8.53. The molecule has 0 rings (SSSR count). The van der Waals surface area contributed by atoms with Crippen molar-refractivity contribution in [2.75, 3.05) is 5.88 Å². The summed E-state index contributed by atoms with van der Waals surface area (Å²) in [6.07, 6.45) is 1.53. The van der Waals surface area contributed by atoms with Crippen molar-refractivity contribution >= 4 is 23.5 Å². The van der Waals surface area contributed by atoms with Gasteiger partial charge in [-0.2, -0.15) is 0 Å². The van der Waals surface area contributed by atoms with Gasteiger partial charge in [-0.25, -0.2) is 4.79 Å². The monoisotopic (exact) mass is 220 g/mol. The lowest BCUT2D eigenvalue weighted by Crippen LogP contribution is -2.15. The fourth-order valence-corrected chi connectivity index (χ4v) is 0.797. The number of rotatable bonds is 5. The van der Waals surface area contributed by atoms with Gasteiger partial charge in [0, 0.05) is 12.0 Å². The molecule has 0 bridgehead atoms. The fraction of sp³-hybridized carbons (Fsp3) is 0.556. The minimum atomic E-state index is -0.971. The van der Waals surface area contributed by atoms with Crippen LogP contribution in [0.5, 0.6) is 0 Å². The molecule has 0 aliphatic carbocycles. The maximum atomic E-state index is 10.7. The first-order valence-corrected chi connectivity index (χ1v) is 4.66. The predicted molar refractivity (Wildman–Crippen MR) is 52.3 cm³/mol. The Labute approximate surface area is 87.5 Å². The van der Waals surface area contributed by atoms with Gasteiger partial charge in [0.2, 0.25) is 0 Å². The molecule has 80 valence electrons. The van der Waals surface area contributed by atoms with Crippen molar-refractivity contribution in [3.05, 3.63) is 11.6 Å². The van der Waals surface area contributed by atoms with Crippen LogP contribution in [0.2, 0.25) is 0 Å². The Morgan fingerprint density at radius 1 is 1.57 bits per heavy atom. The maximum Gasteiger partial charge on any atom is 0.330 e. The van der Waals surface area contributed by atoms with Crippen LogP contribution in [0.4, 0.5) is 0 Å². The molecule has 0 heterocycles. The van der Waals surface area contributed by atoms with Crippen LogP contribution >= 0.6 is 11.6 Å². The van der Waals surface area contributed by atoms with Gasteiger partial charge in [-0.3, -0.25) is 4.79 Å². The van der Waals surface area contributed by atoms with Gasteiger partial charge >= 0.3 is 11.9 Å². The second kappa shape index (κ2) is 6.43. The van der Waals surface area contributed by atoms with Crippen LogP contribution in [0.3, 0.4) is 0 Å². The minimum Gasteiger partial charge on any atom is -0.478 e. The third-order valence-corrected chi connectivity index (χ3v) is 1.75. The number of esters is 1. The van der Waals surface area contributed by atoms with Crippen LogP contribution in [0.1, 0.15) is 20.3 Å². The Balaban J connectivity index is 3.95. The molecule has 4 nitrogen and oxygen atoms in total. The van der Waals surface area contributed by atoms with Crippen LogP contribution in [0.25, 0.3) is 0 Å². The molecule has 0 radical (unpaired) electrons. The molecular weight excluding hydrogens is 208 g/mol. The van der Waals surface area contributed by atoms with Crippen LogP contribution in [0, 0.1) is 0 Å². The first-order valence-electron chi connectivity index (χ1n) is 4.13. The van der Waals surface area contributed by atoms with E-state index in [0.29, 0.717) is 6.42 Å². The van der Waals surface area contributed by atoms with Crippen molar-refractivity contribution in [1.82, 2.24) is 0 Å². The Hall–Kier alpha value is -1.03. The molecule has 0 spiro atoms. The third kappa shape index (κ3) is 5.59. The number of ether oxygens (including phenoxy) is 1. The van der Waals surface area contributed by atoms with Gasteiger partial charge in [-0.1, -0.05) is 6.08 Å². The number of halogens is 1. The van der Waals surface area contributed by atoms with E-state index < -0.39 is 11.9 Å². The predicted octanol–water partition coefficient (Wildman–Crippen LogP) is 1.58. The smallest absolute Gasteiger partial charge is 0.330 e. The van der Waals surface area contributed by atoms with Crippen LogP contribution < -0.4 is 0 Å². The first kappa shape index (κ1) is 13.0. The van der Waals surface area contributed by atoms with E-state index in [1.807, 2.05) is 0 Å². The number of carbonyl (C=O) groups is 2. The van der Waals surface area contributed by atoms with E-state index in [4.69, 9.17) is 21.4 Å². The molecule has 0 aliphatic rings. The van der Waals surface area contributed by atoms with E-state index in [2.05, 4.69) is 0 Å². The zero-order chi connectivity index (χ0) is 11.1. The molecule has 0 aliphatic heterocycles. The van der Waals surface area contributed by atoms with E-state index in [-0.39, 0.29) is 17.6 Å². The van der Waals surface area contributed by atoms with Gasteiger partial charge in [0.05, 0.1) is 0 Å². The van der Waals surface area contributed by atoms with Gasteiger partial charge in [-0.05, 0) is 13.8 Å². The molecule has 1 unspecified atom stereocenters. The van der Waals surface area contributed by atoms with Crippen molar-refractivity contribution in [2.24, 2.45) is 0 Å². The van der Waals surface area contributed by atoms with Gasteiger partial charge in [0.15, 0.2) is 0 Å². The Bertz CT molecular complexity index is 247. The maximum absolute atomic E-state index is 10.7. The number of carboxylic acid groups (broad SMARTS) is 1. The molecule has 0 saturated carbocycles. The van der Waals surface area contributed by atoms with E-state index in [9.17, 15) is 9.59 Å². The van der Waals surface area contributed by atoms with E-state index >= 15 is 0 Å². The molecule has 0 aromatic heterocycles. The van der Waals surface area contributed by atoms with E-state index in [1.165, 1.54) is 13.0 Å². The molecular formula is C9H13ClO4. The molecule has 1 N–H and O–H groups in total. The Kier molecular flexibility index (Phi) is 5.95. The zero-order valence-electron chi connectivity index (χ0n) is 8.12. The average Bonchev–Trinajstić information content (AvgIpc) is 2.13. The van der Waals surface area contributed by atoms with Gasteiger partial charge in [0.25, 0.3) is 0 Å². The van der Waals surface area contributed by atoms with Crippen molar-refractivity contribution in [3.63, 3.8) is 0 Å². The molecule has 5 heteroatoms. The topological polar surface area (TPSA) is 63.6 Å². The van der Waals surface area contributed by atoms with Crippen LogP contribution in [-0.4, -0.2) is 29.0 Å². The second-order valence-electron chi connectivity index (χ2n) is 2.86. The van der Waals surface area contributed by atoms with Gasteiger partial charge < -0.3 is 9.84 Å². The highest BCUT2D eigenvalue weighted by Gasteiger charge is 2.07. The highest BCUT2D eigenvalue weighted by Crippen LogP contribution is 2.03. The molecule has 0 fully saturated rings. The highest BCUT2D eigenvalue weighted by molar-refractivity contribution is 6.26. The summed E-state index contributed by atoms with van der Waals surface area (Å²) in [7, 11) is 0. The zero-order valence-corrected chi connectivity index (χ0v) is 8.87. The normalized spacial score (nSPS) is 13.5. The molecule has 0 saturated heterocycles. The van der Waals surface area contributed by atoms with E-state index in [1.54, 1.807) is 6.92 Å². The number of carbonyl (C=O) groups excluding carboxylic acids is 1. The summed E-state index contributed by atoms with van der Waals surface area (Å²) >= 11 is 5.23. The Morgan fingerprint density at radius 3 is 2.57 bits per heavy atom. The number of hydrogen-bond donors (Lipinski definition) is 1. The minimum absolute atomic E-state index is 0.189. The average molecular weight is 221 g/mol. The SMILES string of the molecule is CC(=CCC(C)OC(=O)CCl)C(=O)O. The fourth-order valence-electron chi connectivity index (χ4n) is 0.734. The number of aliphatic carboxylic acids is 1. The third-order valence-electron chi connectivity index (χ3n) is 1.54. The number of alkyl halides is 1. The van der Waals surface area contributed by atoms with Crippen LogP contribution in [-0.2, 0) is 14.3 Å². The number of carboxylic acids is 1. The molecule has 0 amide bonds. The summed E-state index contributed by atoms with van der Waals surface area (Å²) < 4.78 is 4.82. The van der Waals surface area contributed by atoms with Crippen molar-refractivity contribution in [1.29, 1.82) is 0 Å². The number of hydrogen-bond acceptors (Lipinski definition) is 3. The molecule has 14 heavy (non-hydrogen) atoms. The summed E-state index contributed by atoms with van der Waals surface area (Å²) in [6.45, 7) is 3.16. The molecule has 1 atom stereocenters. The van der Waals surface area contributed by atoms with E-state index in [0.717, 1.165) is 0 Å². The second-order valence-corrected chi connectivity index (χ2v) is 3.13. The lowest BCUT2D eigenvalue weighted by atomic mass is 10.2. The summed E-state index contributed by atoms with van der Waals surface area (Å²) in [6, 6.07) is 0. The first-order chi connectivity index (χ1) is 6.47. The van der Waals surface area contributed by atoms with Crippen molar-refractivity contribution < 1.29 is 19.4 Å². The quantitative estimate of drug-likeness (QED) is 0.434. The Morgan fingerprint density at radius 2 is 2.14 bits per heavy atom. The van der Waals surface area contributed by atoms with Gasteiger partial charge in [0.1, 0.15) is 12.0 Å². The summed E-state index contributed by atoms with van der Waals surface area (Å²) in [4.78, 5) is 21.1. The largest absolute Gasteiger partial charge is 0.478 e. The van der Waals surface area contributed by atoms with Crippen LogP contribution in [0.15, 0.2) is 11.6 Å². The summed E-state index contributed by atoms with van der Waals surface area (Å²) in [5.74, 6) is -1.66. The standard InChI is InChI=1S/C9H13ClO4/c1-6(9(12)13)3-4-7(2)14-8(11)5-10/h3,7H,4-5H2,1-2H3,(H,12,13). The summed E-state index contributed by atoms with van der Waals surface area (Å²) in [5.41, 5.74) is 0.235. The highest BCUT2D eigenvalue weighted by atomic mass is 35.5. The lowest BCUT2D eigenvalue weighted by molar-refractivity contribution is -0.144. The van der Waals surface area contributed by atoms with Crippen molar-refractivity contribution in [3.8, 4) is 0 Å².